The number of hydrogen-bond donors (Lipinski definition) is 1. The van der Waals surface area contributed by atoms with E-state index in [-0.39, 0.29) is 5.82 Å². The fraction of sp³-hybridized carbons (Fsp3) is 0.118. The fourth-order valence-corrected chi connectivity index (χ4v) is 4.02. The molecular formula is C17H15FN2OS2. The summed E-state index contributed by atoms with van der Waals surface area (Å²) in [6, 6.07) is 14.4. The predicted molar refractivity (Wildman–Crippen MR) is 94.5 cm³/mol. The molecule has 1 heterocycles. The summed E-state index contributed by atoms with van der Waals surface area (Å²) < 4.78 is 19.6. The lowest BCUT2D eigenvalue weighted by atomic mass is 10.1. The molecule has 0 saturated carbocycles. The van der Waals surface area contributed by atoms with Gasteiger partial charge < -0.3 is 10.5 Å². The van der Waals surface area contributed by atoms with E-state index in [4.69, 9.17) is 10.5 Å². The Bertz CT molecular complexity index is 803. The third kappa shape index (κ3) is 3.65. The van der Waals surface area contributed by atoms with E-state index in [2.05, 4.69) is 4.98 Å². The second kappa shape index (κ2) is 7.02. The second-order valence-corrected chi connectivity index (χ2v) is 7.05. The van der Waals surface area contributed by atoms with E-state index in [0.29, 0.717) is 16.3 Å². The minimum absolute atomic E-state index is 0.195. The molecule has 3 aromatic rings. The highest BCUT2D eigenvalue weighted by molar-refractivity contribution is 8.00. The first-order valence-corrected chi connectivity index (χ1v) is 8.74. The first kappa shape index (κ1) is 15.8. The molecule has 2 aromatic carbocycles. The summed E-state index contributed by atoms with van der Waals surface area (Å²) >= 11 is 2.91. The van der Waals surface area contributed by atoms with Crippen LogP contribution in [0, 0.1) is 5.82 Å². The normalized spacial score (nSPS) is 10.7. The fourth-order valence-electron chi connectivity index (χ4n) is 2.08. The van der Waals surface area contributed by atoms with Crippen LogP contribution in [0.25, 0.3) is 11.3 Å². The summed E-state index contributed by atoms with van der Waals surface area (Å²) in [7, 11) is 1.63. The molecule has 0 fully saturated rings. The van der Waals surface area contributed by atoms with Crippen LogP contribution in [0.4, 0.5) is 9.39 Å². The van der Waals surface area contributed by atoms with Crippen LogP contribution in [-0.4, -0.2) is 12.1 Å². The van der Waals surface area contributed by atoms with Crippen LogP contribution in [0.2, 0.25) is 0 Å². The van der Waals surface area contributed by atoms with Crippen LogP contribution < -0.4 is 10.5 Å². The van der Waals surface area contributed by atoms with Crippen LogP contribution >= 0.6 is 23.1 Å². The Hall–Kier alpha value is -2.05. The summed E-state index contributed by atoms with van der Waals surface area (Å²) in [5.74, 6) is 1.12. The van der Waals surface area contributed by atoms with Crippen molar-refractivity contribution < 1.29 is 9.13 Å². The smallest absolute Gasteiger partial charge is 0.152 e. The predicted octanol–water partition coefficient (Wildman–Crippen LogP) is 4.83. The molecule has 0 aliphatic rings. The van der Waals surface area contributed by atoms with Gasteiger partial charge in [0.05, 0.1) is 7.11 Å². The molecule has 3 rings (SSSR count). The first-order chi connectivity index (χ1) is 11.2. The molecule has 1 aromatic heterocycles. The van der Waals surface area contributed by atoms with Gasteiger partial charge in [-0.15, -0.1) is 0 Å². The third-order valence-electron chi connectivity index (χ3n) is 3.31. The number of halogens is 1. The standard InChI is InChI=1S/C17H15FN2OS2/c1-21-13-8-6-11(7-9-13)15-16(19)23-17(20-15)22-10-12-4-2-3-5-14(12)18/h2-9H,10,19H2,1H3. The molecule has 0 unspecified atom stereocenters. The van der Waals surface area contributed by atoms with Crippen LogP contribution in [0.3, 0.4) is 0 Å². The molecule has 6 heteroatoms. The molecule has 0 amide bonds. The number of rotatable bonds is 5. The summed E-state index contributed by atoms with van der Waals surface area (Å²) in [6.07, 6.45) is 0. The van der Waals surface area contributed by atoms with Crippen molar-refractivity contribution in [2.24, 2.45) is 0 Å². The number of thioether (sulfide) groups is 1. The van der Waals surface area contributed by atoms with Crippen LogP contribution in [-0.2, 0) is 5.75 Å². The van der Waals surface area contributed by atoms with E-state index < -0.39 is 0 Å². The summed E-state index contributed by atoms with van der Waals surface area (Å²) in [5, 5.41) is 0.659. The Morgan fingerprint density at radius 3 is 2.61 bits per heavy atom. The largest absolute Gasteiger partial charge is 0.497 e. The van der Waals surface area contributed by atoms with E-state index in [0.717, 1.165) is 21.3 Å². The first-order valence-electron chi connectivity index (χ1n) is 6.94. The molecule has 0 radical (unpaired) electrons. The monoisotopic (exact) mass is 346 g/mol. The van der Waals surface area contributed by atoms with Gasteiger partial charge in [0.2, 0.25) is 0 Å². The van der Waals surface area contributed by atoms with Gasteiger partial charge in [0.1, 0.15) is 22.3 Å². The number of nitrogens with zero attached hydrogens (tertiary/aromatic N) is 1. The minimum atomic E-state index is -0.195. The van der Waals surface area contributed by atoms with Gasteiger partial charge in [-0.2, -0.15) is 0 Å². The molecule has 3 nitrogen and oxygen atoms in total. The van der Waals surface area contributed by atoms with Crippen molar-refractivity contribution in [3.05, 3.63) is 59.9 Å². The molecule has 0 spiro atoms. The van der Waals surface area contributed by atoms with Gasteiger partial charge in [-0.05, 0) is 35.9 Å². The van der Waals surface area contributed by atoms with Crippen molar-refractivity contribution in [2.75, 3.05) is 12.8 Å². The highest BCUT2D eigenvalue weighted by Crippen LogP contribution is 2.37. The average molecular weight is 346 g/mol. The van der Waals surface area contributed by atoms with Gasteiger partial charge in [0.15, 0.2) is 4.34 Å². The number of anilines is 1. The van der Waals surface area contributed by atoms with Crippen molar-refractivity contribution in [2.45, 2.75) is 10.1 Å². The van der Waals surface area contributed by atoms with Crippen molar-refractivity contribution in [3.8, 4) is 17.0 Å². The number of thiazole rings is 1. The number of hydrogen-bond acceptors (Lipinski definition) is 5. The molecule has 2 N–H and O–H groups in total. The van der Waals surface area contributed by atoms with E-state index in [9.17, 15) is 4.39 Å². The van der Waals surface area contributed by atoms with Crippen LogP contribution in [0.15, 0.2) is 52.9 Å². The molecule has 23 heavy (non-hydrogen) atoms. The van der Waals surface area contributed by atoms with E-state index >= 15 is 0 Å². The molecule has 0 aliphatic carbocycles. The summed E-state index contributed by atoms with van der Waals surface area (Å²) in [5.41, 5.74) is 8.44. The van der Waals surface area contributed by atoms with E-state index in [1.807, 2.05) is 30.3 Å². The number of ether oxygens (including phenoxy) is 1. The lowest BCUT2D eigenvalue weighted by Crippen LogP contribution is -1.87. The molecule has 0 saturated heterocycles. The van der Waals surface area contributed by atoms with Crippen LogP contribution in [0.1, 0.15) is 5.56 Å². The topological polar surface area (TPSA) is 48.1 Å². The Morgan fingerprint density at radius 1 is 1.17 bits per heavy atom. The molecule has 0 bridgehead atoms. The van der Waals surface area contributed by atoms with Crippen molar-refractivity contribution in [1.82, 2.24) is 4.98 Å². The maximum Gasteiger partial charge on any atom is 0.152 e. The highest BCUT2D eigenvalue weighted by Gasteiger charge is 2.12. The van der Waals surface area contributed by atoms with Gasteiger partial charge in [0.25, 0.3) is 0 Å². The maximum absolute atomic E-state index is 13.6. The Morgan fingerprint density at radius 2 is 1.91 bits per heavy atom. The van der Waals surface area contributed by atoms with E-state index in [1.54, 1.807) is 19.2 Å². The van der Waals surface area contributed by atoms with Crippen LogP contribution in [0.5, 0.6) is 5.75 Å². The Labute approximate surface area is 142 Å². The summed E-state index contributed by atoms with van der Waals surface area (Å²) in [4.78, 5) is 4.57. The van der Waals surface area contributed by atoms with Gasteiger partial charge >= 0.3 is 0 Å². The molecule has 0 aliphatic heterocycles. The number of aromatic nitrogens is 1. The lowest BCUT2D eigenvalue weighted by molar-refractivity contribution is 0.415. The van der Waals surface area contributed by atoms with Crippen molar-refractivity contribution in [1.29, 1.82) is 0 Å². The highest BCUT2D eigenvalue weighted by atomic mass is 32.2. The van der Waals surface area contributed by atoms with Gasteiger partial charge in [-0.3, -0.25) is 0 Å². The molecule has 118 valence electrons. The second-order valence-electron chi connectivity index (χ2n) is 4.80. The SMILES string of the molecule is COc1ccc(-c2nc(SCc3ccccc3F)sc2N)cc1. The average Bonchev–Trinajstić information content (AvgIpc) is 2.95. The van der Waals surface area contributed by atoms with Crippen molar-refractivity contribution in [3.63, 3.8) is 0 Å². The van der Waals surface area contributed by atoms with Gasteiger partial charge in [-0.1, -0.05) is 41.3 Å². The third-order valence-corrected chi connectivity index (χ3v) is 5.38. The molecule has 0 atom stereocenters. The Kier molecular flexibility index (Phi) is 4.83. The Balaban J connectivity index is 1.76. The van der Waals surface area contributed by atoms with Gasteiger partial charge in [0, 0.05) is 11.3 Å². The zero-order valence-electron chi connectivity index (χ0n) is 12.5. The number of nitrogens with two attached hydrogens (primary N) is 1. The molecular weight excluding hydrogens is 331 g/mol. The zero-order chi connectivity index (χ0) is 16.2. The lowest BCUT2D eigenvalue weighted by Gasteiger charge is -2.01. The van der Waals surface area contributed by atoms with E-state index in [1.165, 1.54) is 29.2 Å². The zero-order valence-corrected chi connectivity index (χ0v) is 14.1. The number of methoxy groups -OCH3 is 1. The number of benzene rings is 2. The summed E-state index contributed by atoms with van der Waals surface area (Å²) in [6.45, 7) is 0. The quantitative estimate of drug-likeness (QED) is 0.672. The maximum atomic E-state index is 13.6. The van der Waals surface area contributed by atoms with Gasteiger partial charge in [-0.25, -0.2) is 9.37 Å². The van der Waals surface area contributed by atoms with Crippen molar-refractivity contribution >= 4 is 28.1 Å². The minimum Gasteiger partial charge on any atom is -0.497 e. The number of nitrogen functional groups attached to an aromatic ring is 1.